The molecule has 0 saturated carbocycles. The topological polar surface area (TPSA) is 107 Å². The summed E-state index contributed by atoms with van der Waals surface area (Å²) in [6.07, 6.45) is 1.42. The van der Waals surface area contributed by atoms with Crippen molar-refractivity contribution in [2.45, 2.75) is 6.92 Å². The number of amides is 1. The van der Waals surface area contributed by atoms with E-state index in [1.807, 2.05) is 0 Å². The monoisotopic (exact) mass is 272 g/mol. The van der Waals surface area contributed by atoms with Gasteiger partial charge in [0.05, 0.1) is 11.8 Å². The van der Waals surface area contributed by atoms with Crippen LogP contribution in [0.15, 0.2) is 35.4 Å². The minimum absolute atomic E-state index is 0.193. The number of aromatic amines is 1. The number of nitrogens with one attached hydrogen (secondary N) is 2. The molecule has 0 aliphatic carbocycles. The first-order valence-corrected chi connectivity index (χ1v) is 5.75. The highest BCUT2D eigenvalue weighted by atomic mass is 16.4. The SMILES string of the molecule is Cc1cc(C(=O)N/N=C/c2ccc(C(=O)O)cc2)n[nH]1. The first-order chi connectivity index (χ1) is 9.56. The standard InChI is InChI=1S/C13H12N4O3/c1-8-6-11(16-15-8)12(18)17-14-7-9-2-4-10(5-3-9)13(19)20/h2-7H,1H3,(H,15,16)(H,17,18)(H,19,20)/b14-7+. The van der Waals surface area contributed by atoms with Gasteiger partial charge in [0.15, 0.2) is 5.69 Å². The first-order valence-electron chi connectivity index (χ1n) is 5.75. The zero-order chi connectivity index (χ0) is 14.5. The van der Waals surface area contributed by atoms with Gasteiger partial charge in [-0.15, -0.1) is 0 Å². The van der Waals surface area contributed by atoms with Gasteiger partial charge in [-0.25, -0.2) is 10.2 Å². The Bertz CT molecular complexity index is 659. The average Bonchev–Trinajstić information content (AvgIpc) is 2.86. The minimum atomic E-state index is -0.990. The zero-order valence-electron chi connectivity index (χ0n) is 10.6. The molecule has 7 nitrogen and oxygen atoms in total. The summed E-state index contributed by atoms with van der Waals surface area (Å²) < 4.78 is 0. The molecule has 2 rings (SSSR count). The van der Waals surface area contributed by atoms with Crippen LogP contribution in [0.2, 0.25) is 0 Å². The smallest absolute Gasteiger partial charge is 0.335 e. The van der Waals surface area contributed by atoms with Crippen LogP contribution in [-0.4, -0.2) is 33.4 Å². The van der Waals surface area contributed by atoms with E-state index in [4.69, 9.17) is 5.11 Å². The summed E-state index contributed by atoms with van der Waals surface area (Å²) in [5.74, 6) is -1.41. The number of nitrogens with zero attached hydrogens (tertiary/aromatic N) is 2. The van der Waals surface area contributed by atoms with Crippen molar-refractivity contribution < 1.29 is 14.7 Å². The van der Waals surface area contributed by atoms with E-state index < -0.39 is 11.9 Å². The van der Waals surface area contributed by atoms with Crippen molar-refractivity contribution in [2.75, 3.05) is 0 Å². The van der Waals surface area contributed by atoms with Crippen LogP contribution >= 0.6 is 0 Å². The van der Waals surface area contributed by atoms with E-state index in [9.17, 15) is 9.59 Å². The molecule has 1 heterocycles. The highest BCUT2D eigenvalue weighted by Gasteiger charge is 2.07. The lowest BCUT2D eigenvalue weighted by Gasteiger charge is -1.96. The molecule has 0 fully saturated rings. The lowest BCUT2D eigenvalue weighted by atomic mass is 10.1. The zero-order valence-corrected chi connectivity index (χ0v) is 10.6. The number of hydrogen-bond acceptors (Lipinski definition) is 4. The van der Waals surface area contributed by atoms with Gasteiger partial charge in [-0.05, 0) is 30.7 Å². The maximum atomic E-state index is 11.6. The fraction of sp³-hybridized carbons (Fsp3) is 0.0769. The van der Waals surface area contributed by atoms with Gasteiger partial charge in [0.2, 0.25) is 0 Å². The van der Waals surface area contributed by atoms with Gasteiger partial charge < -0.3 is 5.11 Å². The van der Waals surface area contributed by atoms with Crippen LogP contribution in [0, 0.1) is 6.92 Å². The minimum Gasteiger partial charge on any atom is -0.478 e. The Labute approximate surface area is 114 Å². The van der Waals surface area contributed by atoms with E-state index in [0.29, 0.717) is 5.56 Å². The molecule has 0 saturated heterocycles. The maximum absolute atomic E-state index is 11.6. The molecule has 0 aliphatic rings. The number of aryl methyl sites for hydroxylation is 1. The molecular weight excluding hydrogens is 260 g/mol. The molecule has 102 valence electrons. The second kappa shape index (κ2) is 5.79. The summed E-state index contributed by atoms with van der Waals surface area (Å²) in [5, 5.41) is 19.0. The molecule has 0 spiro atoms. The van der Waals surface area contributed by atoms with Crippen LogP contribution in [0.1, 0.15) is 32.1 Å². The Balaban J connectivity index is 1.96. The number of carbonyl (C=O) groups is 2. The summed E-state index contributed by atoms with van der Waals surface area (Å²) in [4.78, 5) is 22.3. The van der Waals surface area contributed by atoms with Crippen LogP contribution in [0.5, 0.6) is 0 Å². The maximum Gasteiger partial charge on any atom is 0.335 e. The van der Waals surface area contributed by atoms with Gasteiger partial charge in [-0.2, -0.15) is 10.2 Å². The third kappa shape index (κ3) is 3.29. The number of carboxylic acids is 1. The number of hydrazone groups is 1. The average molecular weight is 272 g/mol. The Hall–Kier alpha value is -2.96. The Morgan fingerprint density at radius 2 is 2.05 bits per heavy atom. The van der Waals surface area contributed by atoms with Crippen molar-refractivity contribution >= 4 is 18.1 Å². The van der Waals surface area contributed by atoms with Gasteiger partial charge in [0.1, 0.15) is 0 Å². The number of aromatic nitrogens is 2. The number of benzene rings is 1. The van der Waals surface area contributed by atoms with Gasteiger partial charge in [0.25, 0.3) is 5.91 Å². The fourth-order valence-corrected chi connectivity index (χ4v) is 1.47. The number of H-pyrrole nitrogens is 1. The molecule has 0 bridgehead atoms. The molecule has 2 aromatic rings. The first kappa shape index (κ1) is 13.5. The van der Waals surface area contributed by atoms with Crippen molar-refractivity contribution in [2.24, 2.45) is 5.10 Å². The normalized spacial score (nSPS) is 10.7. The summed E-state index contributed by atoms with van der Waals surface area (Å²) in [6.45, 7) is 1.79. The summed E-state index contributed by atoms with van der Waals surface area (Å²) in [6, 6.07) is 7.72. The summed E-state index contributed by atoms with van der Waals surface area (Å²) in [5.41, 5.74) is 4.23. The number of carbonyl (C=O) groups excluding carboxylic acids is 1. The van der Waals surface area contributed by atoms with Crippen LogP contribution in [-0.2, 0) is 0 Å². The second-order valence-corrected chi connectivity index (χ2v) is 4.06. The number of rotatable bonds is 4. The molecule has 0 radical (unpaired) electrons. The van der Waals surface area contributed by atoms with Crippen molar-refractivity contribution in [1.82, 2.24) is 15.6 Å². The highest BCUT2D eigenvalue weighted by molar-refractivity contribution is 5.93. The van der Waals surface area contributed by atoms with E-state index in [1.54, 1.807) is 25.1 Å². The molecule has 7 heteroatoms. The van der Waals surface area contributed by atoms with E-state index in [-0.39, 0.29) is 11.3 Å². The van der Waals surface area contributed by atoms with E-state index in [0.717, 1.165) is 5.69 Å². The van der Waals surface area contributed by atoms with Gasteiger partial charge in [-0.3, -0.25) is 9.89 Å². The van der Waals surface area contributed by atoms with Crippen molar-refractivity contribution in [3.63, 3.8) is 0 Å². The molecule has 3 N–H and O–H groups in total. The predicted molar refractivity (Wildman–Crippen MR) is 71.8 cm³/mol. The van der Waals surface area contributed by atoms with Crippen molar-refractivity contribution in [3.05, 3.63) is 52.8 Å². The molecule has 1 aromatic carbocycles. The number of hydrogen-bond donors (Lipinski definition) is 3. The fourth-order valence-electron chi connectivity index (χ4n) is 1.47. The second-order valence-electron chi connectivity index (χ2n) is 4.06. The van der Waals surface area contributed by atoms with Crippen LogP contribution < -0.4 is 5.43 Å². The Kier molecular flexibility index (Phi) is 3.90. The van der Waals surface area contributed by atoms with Gasteiger partial charge in [-0.1, -0.05) is 12.1 Å². The van der Waals surface area contributed by atoms with Crippen LogP contribution in [0.25, 0.3) is 0 Å². The molecule has 20 heavy (non-hydrogen) atoms. The van der Waals surface area contributed by atoms with Crippen LogP contribution in [0.3, 0.4) is 0 Å². The van der Waals surface area contributed by atoms with Crippen molar-refractivity contribution in [1.29, 1.82) is 0 Å². The quantitative estimate of drug-likeness (QED) is 0.573. The van der Waals surface area contributed by atoms with E-state index in [1.165, 1.54) is 18.3 Å². The van der Waals surface area contributed by atoms with E-state index in [2.05, 4.69) is 20.7 Å². The van der Waals surface area contributed by atoms with E-state index >= 15 is 0 Å². The third-order valence-electron chi connectivity index (χ3n) is 2.48. The summed E-state index contributed by atoms with van der Waals surface area (Å²) >= 11 is 0. The lowest BCUT2D eigenvalue weighted by molar-refractivity contribution is 0.0696. The molecule has 1 amide bonds. The molecule has 1 aromatic heterocycles. The highest BCUT2D eigenvalue weighted by Crippen LogP contribution is 2.02. The van der Waals surface area contributed by atoms with Gasteiger partial charge >= 0.3 is 5.97 Å². The molecule has 0 atom stereocenters. The van der Waals surface area contributed by atoms with Gasteiger partial charge in [0, 0.05) is 5.69 Å². The number of carboxylic acid groups (broad SMARTS) is 1. The molecule has 0 aliphatic heterocycles. The largest absolute Gasteiger partial charge is 0.478 e. The predicted octanol–water partition coefficient (Wildman–Crippen LogP) is 1.18. The Morgan fingerprint density at radius 3 is 2.60 bits per heavy atom. The Morgan fingerprint density at radius 1 is 1.35 bits per heavy atom. The third-order valence-corrected chi connectivity index (χ3v) is 2.48. The summed E-state index contributed by atoms with van der Waals surface area (Å²) in [7, 11) is 0. The van der Waals surface area contributed by atoms with Crippen molar-refractivity contribution in [3.8, 4) is 0 Å². The molecular formula is C13H12N4O3. The molecule has 0 unspecified atom stereocenters. The van der Waals surface area contributed by atoms with Crippen LogP contribution in [0.4, 0.5) is 0 Å². The number of aromatic carboxylic acids is 1. The lowest BCUT2D eigenvalue weighted by Crippen LogP contribution is -2.18.